The number of ether oxygens (including phenoxy) is 1. The van der Waals surface area contributed by atoms with Crippen LogP contribution in [0.1, 0.15) is 17.2 Å². The molecule has 0 fully saturated rings. The molecule has 0 aromatic heterocycles. The number of benzene rings is 2. The average Bonchev–Trinajstić information content (AvgIpc) is 2.39. The van der Waals surface area contributed by atoms with E-state index in [2.05, 4.69) is 0 Å². The van der Waals surface area contributed by atoms with Gasteiger partial charge < -0.3 is 9.84 Å². The highest BCUT2D eigenvalue weighted by Gasteiger charge is 2.09. The molecule has 0 spiro atoms. The van der Waals surface area contributed by atoms with E-state index >= 15 is 0 Å². The van der Waals surface area contributed by atoms with Crippen molar-refractivity contribution in [3.63, 3.8) is 0 Å². The summed E-state index contributed by atoms with van der Waals surface area (Å²) in [5.74, 6) is 0.775. The van der Waals surface area contributed by atoms with Gasteiger partial charge in [0.1, 0.15) is 11.9 Å². The molecule has 1 atom stereocenters. The molecule has 0 heterocycles. The number of rotatable bonds is 3. The molecule has 0 aliphatic carbocycles. The summed E-state index contributed by atoms with van der Waals surface area (Å²) in [7, 11) is 1.62. The smallest absolute Gasteiger partial charge is 0.118 e. The molecule has 0 radical (unpaired) electrons. The summed E-state index contributed by atoms with van der Waals surface area (Å²) >= 11 is 5.80. The van der Waals surface area contributed by atoms with E-state index in [0.29, 0.717) is 5.02 Å². The fourth-order valence-electron chi connectivity index (χ4n) is 1.62. The van der Waals surface area contributed by atoms with Crippen molar-refractivity contribution in [1.29, 1.82) is 0 Å². The number of hydrogen-bond donors (Lipinski definition) is 1. The predicted molar refractivity (Wildman–Crippen MR) is 68.5 cm³/mol. The van der Waals surface area contributed by atoms with E-state index in [1.807, 2.05) is 36.4 Å². The molecular weight excluding hydrogens is 236 g/mol. The van der Waals surface area contributed by atoms with Crippen LogP contribution in [-0.4, -0.2) is 12.2 Å². The topological polar surface area (TPSA) is 29.5 Å². The minimum Gasteiger partial charge on any atom is -0.497 e. The van der Waals surface area contributed by atoms with Gasteiger partial charge in [-0.15, -0.1) is 0 Å². The SMILES string of the molecule is COc1ccc([C@@H](O)c2ccc(Cl)cc2)cc1. The zero-order chi connectivity index (χ0) is 12.3. The fourth-order valence-corrected chi connectivity index (χ4v) is 1.75. The maximum atomic E-state index is 10.2. The first-order valence-corrected chi connectivity index (χ1v) is 5.66. The van der Waals surface area contributed by atoms with Crippen molar-refractivity contribution < 1.29 is 9.84 Å². The third-order valence-corrected chi connectivity index (χ3v) is 2.87. The molecule has 3 heteroatoms. The number of aliphatic hydroxyl groups is 1. The zero-order valence-electron chi connectivity index (χ0n) is 9.43. The Balaban J connectivity index is 2.23. The van der Waals surface area contributed by atoms with Gasteiger partial charge >= 0.3 is 0 Å². The second-order valence-corrected chi connectivity index (χ2v) is 4.16. The lowest BCUT2D eigenvalue weighted by atomic mass is 10.0. The van der Waals surface area contributed by atoms with E-state index in [9.17, 15) is 5.11 Å². The van der Waals surface area contributed by atoms with Crippen LogP contribution in [0.15, 0.2) is 48.5 Å². The maximum absolute atomic E-state index is 10.2. The van der Waals surface area contributed by atoms with Crippen LogP contribution in [-0.2, 0) is 0 Å². The second-order valence-electron chi connectivity index (χ2n) is 3.73. The van der Waals surface area contributed by atoms with Gasteiger partial charge in [-0.3, -0.25) is 0 Å². The Morgan fingerprint density at radius 3 is 1.88 bits per heavy atom. The van der Waals surface area contributed by atoms with E-state index in [4.69, 9.17) is 16.3 Å². The summed E-state index contributed by atoms with van der Waals surface area (Å²) in [5, 5.41) is 10.8. The van der Waals surface area contributed by atoms with Crippen LogP contribution in [0, 0.1) is 0 Å². The van der Waals surface area contributed by atoms with Crippen LogP contribution in [0.25, 0.3) is 0 Å². The van der Waals surface area contributed by atoms with E-state index in [1.54, 1.807) is 19.2 Å². The van der Waals surface area contributed by atoms with Gasteiger partial charge in [0.05, 0.1) is 7.11 Å². The molecule has 2 aromatic rings. The van der Waals surface area contributed by atoms with Gasteiger partial charge in [0.2, 0.25) is 0 Å². The molecular formula is C14H13ClO2. The first-order chi connectivity index (χ1) is 8.20. The highest BCUT2D eigenvalue weighted by atomic mass is 35.5. The maximum Gasteiger partial charge on any atom is 0.118 e. The summed E-state index contributed by atoms with van der Waals surface area (Å²) in [6.07, 6.45) is -0.641. The van der Waals surface area contributed by atoms with Crippen molar-refractivity contribution in [2.75, 3.05) is 7.11 Å². The first-order valence-electron chi connectivity index (χ1n) is 5.28. The molecule has 2 rings (SSSR count). The largest absolute Gasteiger partial charge is 0.497 e. The van der Waals surface area contributed by atoms with Crippen LogP contribution in [0.5, 0.6) is 5.75 Å². The normalized spacial score (nSPS) is 12.2. The van der Waals surface area contributed by atoms with Crippen molar-refractivity contribution in [3.8, 4) is 5.75 Å². The summed E-state index contributed by atoms with van der Waals surface area (Å²) in [4.78, 5) is 0. The molecule has 1 N–H and O–H groups in total. The van der Waals surface area contributed by atoms with Gasteiger partial charge in [-0.05, 0) is 35.4 Å². The van der Waals surface area contributed by atoms with E-state index < -0.39 is 6.10 Å². The minimum atomic E-state index is -0.641. The molecule has 2 nitrogen and oxygen atoms in total. The number of hydrogen-bond acceptors (Lipinski definition) is 2. The Morgan fingerprint density at radius 1 is 0.941 bits per heavy atom. The Labute approximate surface area is 105 Å². The second kappa shape index (κ2) is 5.21. The van der Waals surface area contributed by atoms with E-state index in [-0.39, 0.29) is 0 Å². The molecule has 17 heavy (non-hydrogen) atoms. The van der Waals surface area contributed by atoms with Crippen LogP contribution < -0.4 is 4.74 Å². The number of methoxy groups -OCH3 is 1. The van der Waals surface area contributed by atoms with Crippen molar-refractivity contribution >= 4 is 11.6 Å². The van der Waals surface area contributed by atoms with E-state index in [0.717, 1.165) is 16.9 Å². The third kappa shape index (κ3) is 2.78. The van der Waals surface area contributed by atoms with Crippen LogP contribution >= 0.6 is 11.6 Å². The van der Waals surface area contributed by atoms with Crippen molar-refractivity contribution in [2.45, 2.75) is 6.10 Å². The standard InChI is InChI=1S/C14H13ClO2/c1-17-13-8-4-11(5-9-13)14(16)10-2-6-12(15)7-3-10/h2-9,14,16H,1H3/t14-/m0/s1. The van der Waals surface area contributed by atoms with Gasteiger partial charge in [0, 0.05) is 5.02 Å². The van der Waals surface area contributed by atoms with E-state index in [1.165, 1.54) is 0 Å². The number of halogens is 1. The number of aliphatic hydroxyl groups excluding tert-OH is 1. The highest BCUT2D eigenvalue weighted by molar-refractivity contribution is 6.30. The fraction of sp³-hybridized carbons (Fsp3) is 0.143. The third-order valence-electron chi connectivity index (χ3n) is 2.62. The van der Waals surface area contributed by atoms with Crippen LogP contribution in [0.2, 0.25) is 5.02 Å². The summed E-state index contributed by atoms with van der Waals surface area (Å²) in [5.41, 5.74) is 1.65. The zero-order valence-corrected chi connectivity index (χ0v) is 10.2. The van der Waals surface area contributed by atoms with Gasteiger partial charge in [-0.1, -0.05) is 35.9 Å². The summed E-state index contributed by atoms with van der Waals surface area (Å²) < 4.78 is 5.07. The van der Waals surface area contributed by atoms with Gasteiger partial charge in [0.15, 0.2) is 0 Å². The summed E-state index contributed by atoms with van der Waals surface area (Å²) in [6.45, 7) is 0. The Hall–Kier alpha value is -1.51. The van der Waals surface area contributed by atoms with Gasteiger partial charge in [-0.2, -0.15) is 0 Å². The lowest BCUT2D eigenvalue weighted by Crippen LogP contribution is -1.99. The van der Waals surface area contributed by atoms with Gasteiger partial charge in [0.25, 0.3) is 0 Å². The molecule has 88 valence electrons. The van der Waals surface area contributed by atoms with Crippen molar-refractivity contribution in [3.05, 3.63) is 64.7 Å². The average molecular weight is 249 g/mol. The first kappa shape index (κ1) is 12.0. The van der Waals surface area contributed by atoms with Crippen LogP contribution in [0.4, 0.5) is 0 Å². The van der Waals surface area contributed by atoms with Crippen molar-refractivity contribution in [1.82, 2.24) is 0 Å². The molecule has 0 aliphatic rings. The molecule has 0 bridgehead atoms. The predicted octanol–water partition coefficient (Wildman–Crippen LogP) is 3.43. The van der Waals surface area contributed by atoms with Crippen molar-refractivity contribution in [2.24, 2.45) is 0 Å². The Morgan fingerprint density at radius 2 is 1.41 bits per heavy atom. The molecule has 0 saturated heterocycles. The highest BCUT2D eigenvalue weighted by Crippen LogP contribution is 2.24. The molecule has 0 aliphatic heterocycles. The quantitative estimate of drug-likeness (QED) is 0.902. The molecule has 0 unspecified atom stereocenters. The lowest BCUT2D eigenvalue weighted by Gasteiger charge is -2.12. The minimum absolute atomic E-state index is 0.641. The molecule has 2 aromatic carbocycles. The van der Waals surface area contributed by atoms with Gasteiger partial charge in [-0.25, -0.2) is 0 Å². The molecule has 0 amide bonds. The summed E-state index contributed by atoms with van der Waals surface area (Å²) in [6, 6.07) is 14.5. The molecule has 0 saturated carbocycles. The Kier molecular flexibility index (Phi) is 3.67. The lowest BCUT2D eigenvalue weighted by molar-refractivity contribution is 0.220. The van der Waals surface area contributed by atoms with Crippen LogP contribution in [0.3, 0.4) is 0 Å². The Bertz CT molecular complexity index is 477. The monoisotopic (exact) mass is 248 g/mol.